The van der Waals surface area contributed by atoms with Crippen molar-refractivity contribution in [3.63, 3.8) is 0 Å². The van der Waals surface area contributed by atoms with Crippen LogP contribution in [-0.2, 0) is 14.3 Å². The van der Waals surface area contributed by atoms with E-state index in [0.717, 1.165) is 0 Å². The van der Waals surface area contributed by atoms with Crippen molar-refractivity contribution < 1.29 is 14.3 Å². The summed E-state index contributed by atoms with van der Waals surface area (Å²) in [7, 11) is 0. The molecule has 0 radical (unpaired) electrons. The Hall–Kier alpha value is -0.750. The topological polar surface area (TPSA) is 95.4 Å². The van der Waals surface area contributed by atoms with Crippen LogP contribution in [0.25, 0.3) is 0 Å². The third-order valence-corrected chi connectivity index (χ3v) is 1.59. The molecule has 5 nitrogen and oxygen atoms in total. The second kappa shape index (κ2) is 5.00. The standard InChI is InChI=1S/C6H12N2O3S/c1-3(5(8)9)11-6(10)4(7)2-12/h3-4,12H,2,7H2,1H3,(H2,8,9)/t3?,4-/m0/s1. The Kier molecular flexibility index (Phi) is 4.68. The Labute approximate surface area is 75.8 Å². The number of esters is 1. The monoisotopic (exact) mass is 192 g/mol. The fourth-order valence-electron chi connectivity index (χ4n) is 0.394. The van der Waals surface area contributed by atoms with Gasteiger partial charge in [-0.25, -0.2) is 0 Å². The first kappa shape index (κ1) is 11.2. The summed E-state index contributed by atoms with van der Waals surface area (Å²) < 4.78 is 4.58. The SMILES string of the molecule is CC(OC(=O)[C@@H](N)CS)C(N)=O. The Morgan fingerprint density at radius 1 is 1.58 bits per heavy atom. The number of rotatable bonds is 4. The van der Waals surface area contributed by atoms with Gasteiger partial charge in [0.25, 0.3) is 5.91 Å². The van der Waals surface area contributed by atoms with Gasteiger partial charge in [0.05, 0.1) is 0 Å². The predicted molar refractivity (Wildman–Crippen MR) is 46.6 cm³/mol. The van der Waals surface area contributed by atoms with Crippen molar-refractivity contribution in [1.82, 2.24) is 0 Å². The van der Waals surface area contributed by atoms with Crippen LogP contribution in [-0.4, -0.2) is 29.8 Å². The van der Waals surface area contributed by atoms with Crippen LogP contribution in [0.4, 0.5) is 0 Å². The number of thiol groups is 1. The van der Waals surface area contributed by atoms with Crippen LogP contribution in [0.3, 0.4) is 0 Å². The van der Waals surface area contributed by atoms with Gasteiger partial charge in [-0.3, -0.25) is 9.59 Å². The summed E-state index contributed by atoms with van der Waals surface area (Å²) in [5, 5.41) is 0. The lowest BCUT2D eigenvalue weighted by Gasteiger charge is -2.12. The van der Waals surface area contributed by atoms with Gasteiger partial charge in [0.2, 0.25) is 0 Å². The van der Waals surface area contributed by atoms with Gasteiger partial charge in [0.1, 0.15) is 6.04 Å². The Bertz CT molecular complexity index is 186. The third-order valence-electron chi connectivity index (χ3n) is 1.19. The molecule has 1 amide bonds. The zero-order valence-electron chi connectivity index (χ0n) is 6.69. The number of ether oxygens (including phenoxy) is 1. The highest BCUT2D eigenvalue weighted by Crippen LogP contribution is 1.94. The fourth-order valence-corrected chi connectivity index (χ4v) is 0.543. The van der Waals surface area contributed by atoms with Gasteiger partial charge in [-0.15, -0.1) is 0 Å². The van der Waals surface area contributed by atoms with E-state index in [2.05, 4.69) is 17.4 Å². The Morgan fingerprint density at radius 3 is 2.42 bits per heavy atom. The number of hydrogen-bond acceptors (Lipinski definition) is 5. The van der Waals surface area contributed by atoms with E-state index in [0.29, 0.717) is 0 Å². The molecule has 70 valence electrons. The molecule has 4 N–H and O–H groups in total. The summed E-state index contributed by atoms with van der Waals surface area (Å²) in [4.78, 5) is 21.3. The molecule has 0 heterocycles. The zero-order chi connectivity index (χ0) is 9.72. The van der Waals surface area contributed by atoms with Crippen molar-refractivity contribution in [2.75, 3.05) is 5.75 Å². The fraction of sp³-hybridized carbons (Fsp3) is 0.667. The van der Waals surface area contributed by atoms with Crippen LogP contribution in [0.15, 0.2) is 0 Å². The van der Waals surface area contributed by atoms with Gasteiger partial charge in [0.15, 0.2) is 6.10 Å². The van der Waals surface area contributed by atoms with E-state index >= 15 is 0 Å². The maximum atomic E-state index is 10.9. The first-order chi connectivity index (χ1) is 5.49. The van der Waals surface area contributed by atoms with Gasteiger partial charge in [-0.1, -0.05) is 0 Å². The lowest BCUT2D eigenvalue weighted by Crippen LogP contribution is -2.39. The van der Waals surface area contributed by atoms with Crippen molar-refractivity contribution in [2.24, 2.45) is 11.5 Å². The number of carbonyl (C=O) groups excluding carboxylic acids is 2. The minimum absolute atomic E-state index is 0.171. The summed E-state index contributed by atoms with van der Waals surface area (Å²) >= 11 is 3.79. The van der Waals surface area contributed by atoms with Crippen molar-refractivity contribution in [3.8, 4) is 0 Å². The van der Waals surface area contributed by atoms with Crippen LogP contribution in [0.5, 0.6) is 0 Å². The normalized spacial score (nSPS) is 14.9. The molecule has 12 heavy (non-hydrogen) atoms. The minimum Gasteiger partial charge on any atom is -0.451 e. The average Bonchev–Trinajstić information content (AvgIpc) is 2.02. The molecule has 0 fully saturated rings. The second-order valence-electron chi connectivity index (χ2n) is 2.27. The number of hydrogen-bond donors (Lipinski definition) is 3. The minimum atomic E-state index is -0.941. The van der Waals surface area contributed by atoms with Gasteiger partial charge < -0.3 is 16.2 Å². The molecular weight excluding hydrogens is 180 g/mol. The van der Waals surface area contributed by atoms with Crippen LogP contribution in [0.1, 0.15) is 6.92 Å². The van der Waals surface area contributed by atoms with Crippen LogP contribution < -0.4 is 11.5 Å². The van der Waals surface area contributed by atoms with E-state index in [1.807, 2.05) is 0 Å². The van der Waals surface area contributed by atoms with E-state index in [4.69, 9.17) is 11.5 Å². The molecule has 0 aliphatic carbocycles. The number of primary amides is 1. The van der Waals surface area contributed by atoms with E-state index < -0.39 is 24.0 Å². The first-order valence-corrected chi connectivity index (χ1v) is 3.98. The molecular formula is C6H12N2O3S. The Morgan fingerprint density at radius 2 is 2.08 bits per heavy atom. The summed E-state index contributed by atoms with van der Waals surface area (Å²) in [5.41, 5.74) is 10.1. The maximum Gasteiger partial charge on any atom is 0.324 e. The average molecular weight is 192 g/mol. The summed E-state index contributed by atoms with van der Waals surface area (Å²) in [6, 6.07) is -0.810. The van der Waals surface area contributed by atoms with Gasteiger partial charge >= 0.3 is 5.97 Å². The number of carbonyl (C=O) groups is 2. The van der Waals surface area contributed by atoms with E-state index in [1.54, 1.807) is 0 Å². The highest BCUT2D eigenvalue weighted by atomic mass is 32.1. The molecule has 0 saturated heterocycles. The largest absolute Gasteiger partial charge is 0.451 e. The van der Waals surface area contributed by atoms with Gasteiger partial charge in [0, 0.05) is 5.75 Å². The smallest absolute Gasteiger partial charge is 0.324 e. The van der Waals surface area contributed by atoms with Crippen LogP contribution >= 0.6 is 12.6 Å². The van der Waals surface area contributed by atoms with Crippen molar-refractivity contribution in [1.29, 1.82) is 0 Å². The number of nitrogens with two attached hydrogens (primary N) is 2. The van der Waals surface area contributed by atoms with Crippen molar-refractivity contribution in [3.05, 3.63) is 0 Å². The molecule has 0 bridgehead atoms. The molecule has 1 unspecified atom stereocenters. The van der Waals surface area contributed by atoms with E-state index in [-0.39, 0.29) is 5.75 Å². The predicted octanol–water partition coefficient (Wildman–Crippen LogP) is -1.34. The van der Waals surface area contributed by atoms with Crippen molar-refractivity contribution in [2.45, 2.75) is 19.1 Å². The first-order valence-electron chi connectivity index (χ1n) is 3.35. The van der Waals surface area contributed by atoms with Crippen molar-refractivity contribution >= 4 is 24.5 Å². The Balaban J connectivity index is 3.92. The molecule has 0 aromatic carbocycles. The highest BCUT2D eigenvalue weighted by molar-refractivity contribution is 7.80. The lowest BCUT2D eigenvalue weighted by atomic mass is 10.3. The zero-order valence-corrected chi connectivity index (χ0v) is 7.58. The summed E-state index contributed by atoms with van der Waals surface area (Å²) in [6.07, 6.45) is -0.941. The van der Waals surface area contributed by atoms with Gasteiger partial charge in [-0.05, 0) is 6.92 Å². The molecule has 2 atom stereocenters. The molecule has 0 saturated carbocycles. The van der Waals surface area contributed by atoms with Crippen LogP contribution in [0, 0.1) is 0 Å². The molecule has 0 aromatic heterocycles. The maximum absolute atomic E-state index is 10.9. The lowest BCUT2D eigenvalue weighted by molar-refractivity contribution is -0.154. The van der Waals surface area contributed by atoms with E-state index in [1.165, 1.54) is 6.92 Å². The molecule has 0 spiro atoms. The number of amides is 1. The highest BCUT2D eigenvalue weighted by Gasteiger charge is 2.19. The van der Waals surface area contributed by atoms with Gasteiger partial charge in [-0.2, -0.15) is 12.6 Å². The van der Waals surface area contributed by atoms with Crippen LogP contribution in [0.2, 0.25) is 0 Å². The quantitative estimate of drug-likeness (QED) is 0.379. The summed E-state index contributed by atoms with van der Waals surface area (Å²) in [5.74, 6) is -1.20. The molecule has 0 aromatic rings. The molecule has 0 aliphatic rings. The second-order valence-corrected chi connectivity index (χ2v) is 2.64. The molecule has 0 aliphatic heterocycles. The van der Waals surface area contributed by atoms with E-state index in [9.17, 15) is 9.59 Å². The third kappa shape index (κ3) is 3.59. The summed E-state index contributed by atoms with van der Waals surface area (Å²) in [6.45, 7) is 1.38. The molecule has 0 rings (SSSR count). The molecule has 6 heteroatoms.